The molecule has 0 fully saturated rings. The molecule has 11 heavy (non-hydrogen) atoms. The molecular weight excluding hydrogens is 224 g/mol. The lowest BCUT2D eigenvalue weighted by molar-refractivity contribution is 1.27. The Bertz CT molecular complexity index is 396. The van der Waals surface area contributed by atoms with Crippen LogP contribution in [0.15, 0.2) is 16.7 Å². The summed E-state index contributed by atoms with van der Waals surface area (Å²) in [7, 11) is 0. The van der Waals surface area contributed by atoms with Gasteiger partial charge in [-0.25, -0.2) is 4.98 Å². The van der Waals surface area contributed by atoms with Crippen LogP contribution < -0.4 is 0 Å². The predicted molar refractivity (Wildman–Crippen MR) is 49.9 cm³/mol. The lowest BCUT2D eigenvalue weighted by Crippen LogP contribution is -1.76. The number of hydrogen-bond donors (Lipinski definition) is 0. The summed E-state index contributed by atoms with van der Waals surface area (Å²) in [5.74, 6) is 0. The maximum atomic E-state index is 4.32. The van der Waals surface area contributed by atoms with Gasteiger partial charge in [-0.2, -0.15) is 4.37 Å². The van der Waals surface area contributed by atoms with Crippen LogP contribution in [-0.4, -0.2) is 9.36 Å². The van der Waals surface area contributed by atoms with Gasteiger partial charge in [-0.1, -0.05) is 0 Å². The van der Waals surface area contributed by atoms with Crippen molar-refractivity contribution in [1.29, 1.82) is 0 Å². The molecule has 2 aromatic heterocycles. The van der Waals surface area contributed by atoms with Crippen molar-refractivity contribution in [3.63, 3.8) is 0 Å². The number of halogens is 1. The molecule has 0 aliphatic carbocycles. The molecular formula is C7H5BrN2S. The summed E-state index contributed by atoms with van der Waals surface area (Å²) in [5, 5.41) is 1.10. The molecule has 0 saturated carbocycles. The first-order chi connectivity index (χ1) is 5.27. The Morgan fingerprint density at radius 2 is 2.27 bits per heavy atom. The average Bonchev–Trinajstić information content (AvgIpc) is 2.32. The van der Waals surface area contributed by atoms with E-state index in [1.165, 1.54) is 11.5 Å². The molecule has 0 radical (unpaired) electrons. The predicted octanol–water partition coefficient (Wildman–Crippen LogP) is 2.76. The summed E-state index contributed by atoms with van der Waals surface area (Å²) in [6.07, 6.45) is 0. The molecule has 2 aromatic rings. The first-order valence-corrected chi connectivity index (χ1v) is 4.72. The highest BCUT2D eigenvalue weighted by molar-refractivity contribution is 9.10. The molecule has 56 valence electrons. The zero-order valence-electron chi connectivity index (χ0n) is 5.84. The summed E-state index contributed by atoms with van der Waals surface area (Å²) in [5.41, 5.74) is 1.04. The van der Waals surface area contributed by atoms with Crippen LogP contribution in [0, 0.1) is 6.92 Å². The van der Waals surface area contributed by atoms with Crippen molar-refractivity contribution in [1.82, 2.24) is 9.36 Å². The Hall–Kier alpha value is -0.480. The van der Waals surface area contributed by atoms with Gasteiger partial charge in [0.2, 0.25) is 0 Å². The van der Waals surface area contributed by atoms with E-state index in [-0.39, 0.29) is 0 Å². The van der Waals surface area contributed by atoms with Gasteiger partial charge in [0.1, 0.15) is 9.43 Å². The molecule has 0 bridgehead atoms. The summed E-state index contributed by atoms with van der Waals surface area (Å²) in [4.78, 5) is 5.32. The maximum absolute atomic E-state index is 4.32. The second-order valence-corrected chi connectivity index (χ2v) is 3.78. The smallest absolute Gasteiger partial charge is 0.144 e. The van der Waals surface area contributed by atoms with Crippen molar-refractivity contribution in [2.45, 2.75) is 6.92 Å². The van der Waals surface area contributed by atoms with Crippen molar-refractivity contribution >= 4 is 37.7 Å². The van der Waals surface area contributed by atoms with Gasteiger partial charge in [0.05, 0.1) is 0 Å². The van der Waals surface area contributed by atoms with Crippen molar-refractivity contribution in [3.8, 4) is 0 Å². The Balaban J connectivity index is 2.86. The van der Waals surface area contributed by atoms with E-state index in [1.54, 1.807) is 0 Å². The zero-order chi connectivity index (χ0) is 7.84. The van der Waals surface area contributed by atoms with E-state index in [0.29, 0.717) is 0 Å². The van der Waals surface area contributed by atoms with E-state index < -0.39 is 0 Å². The van der Waals surface area contributed by atoms with Crippen molar-refractivity contribution < 1.29 is 0 Å². The lowest BCUT2D eigenvalue weighted by atomic mass is 10.3. The van der Waals surface area contributed by atoms with Crippen molar-refractivity contribution in [2.75, 3.05) is 0 Å². The third kappa shape index (κ3) is 1.16. The van der Waals surface area contributed by atoms with E-state index in [2.05, 4.69) is 25.3 Å². The first-order valence-electron chi connectivity index (χ1n) is 3.16. The monoisotopic (exact) mass is 228 g/mol. The number of fused-ring (bicyclic) bond motifs is 1. The van der Waals surface area contributed by atoms with Gasteiger partial charge in [0.25, 0.3) is 0 Å². The summed E-state index contributed by atoms with van der Waals surface area (Å²) < 4.78 is 5.03. The maximum Gasteiger partial charge on any atom is 0.144 e. The number of pyridine rings is 1. The first kappa shape index (κ1) is 7.18. The van der Waals surface area contributed by atoms with Crippen LogP contribution in [0.1, 0.15) is 5.69 Å². The lowest BCUT2D eigenvalue weighted by Gasteiger charge is -1.89. The number of aromatic nitrogens is 2. The number of aryl methyl sites for hydroxylation is 1. The van der Waals surface area contributed by atoms with Gasteiger partial charge in [-0.05, 0) is 46.5 Å². The van der Waals surface area contributed by atoms with E-state index in [9.17, 15) is 0 Å². The fourth-order valence-electron chi connectivity index (χ4n) is 0.892. The quantitative estimate of drug-likeness (QED) is 0.694. The van der Waals surface area contributed by atoms with E-state index >= 15 is 0 Å². The molecule has 2 rings (SSSR count). The standard InChI is InChI=1S/C7H5BrN2S/c1-4-2-3-5-6(8)10-11-7(5)9-4/h2-3H,1H3. The van der Waals surface area contributed by atoms with Crippen LogP contribution in [0.25, 0.3) is 10.2 Å². The molecule has 0 spiro atoms. The number of rotatable bonds is 0. The Morgan fingerprint density at radius 1 is 1.45 bits per heavy atom. The van der Waals surface area contributed by atoms with Crippen LogP contribution in [0.4, 0.5) is 0 Å². The Morgan fingerprint density at radius 3 is 3.09 bits per heavy atom. The van der Waals surface area contributed by atoms with Gasteiger partial charge in [0, 0.05) is 11.1 Å². The van der Waals surface area contributed by atoms with E-state index in [0.717, 1.165) is 20.5 Å². The topological polar surface area (TPSA) is 25.8 Å². The summed E-state index contributed by atoms with van der Waals surface area (Å²) in [6.45, 7) is 1.98. The molecule has 0 saturated heterocycles. The molecule has 2 heterocycles. The highest BCUT2D eigenvalue weighted by Crippen LogP contribution is 2.24. The molecule has 4 heteroatoms. The second kappa shape index (κ2) is 2.53. The number of nitrogens with zero attached hydrogens (tertiary/aromatic N) is 2. The molecule has 0 N–H and O–H groups in total. The Kier molecular flexibility index (Phi) is 1.65. The normalized spacial score (nSPS) is 10.7. The number of hydrogen-bond acceptors (Lipinski definition) is 3. The van der Waals surface area contributed by atoms with Crippen molar-refractivity contribution in [2.24, 2.45) is 0 Å². The average molecular weight is 229 g/mol. The molecule has 0 unspecified atom stereocenters. The van der Waals surface area contributed by atoms with Crippen LogP contribution >= 0.6 is 27.5 Å². The fourth-order valence-corrected chi connectivity index (χ4v) is 2.27. The molecule has 0 aromatic carbocycles. The molecule has 0 aliphatic rings. The van der Waals surface area contributed by atoms with E-state index in [4.69, 9.17) is 0 Å². The van der Waals surface area contributed by atoms with Crippen LogP contribution in [0.5, 0.6) is 0 Å². The summed E-state index contributed by atoms with van der Waals surface area (Å²) >= 11 is 4.77. The SMILES string of the molecule is Cc1ccc2c(Br)nsc2n1. The van der Waals surface area contributed by atoms with Gasteiger partial charge in [-0.15, -0.1) is 0 Å². The molecule has 2 nitrogen and oxygen atoms in total. The van der Waals surface area contributed by atoms with Crippen molar-refractivity contribution in [3.05, 3.63) is 22.4 Å². The fraction of sp³-hybridized carbons (Fsp3) is 0.143. The summed E-state index contributed by atoms with van der Waals surface area (Å²) in [6, 6.07) is 4.02. The minimum absolute atomic E-state index is 0.894. The van der Waals surface area contributed by atoms with Crippen LogP contribution in [0.3, 0.4) is 0 Å². The third-order valence-corrected chi connectivity index (χ3v) is 3.03. The van der Waals surface area contributed by atoms with Crippen LogP contribution in [-0.2, 0) is 0 Å². The van der Waals surface area contributed by atoms with Gasteiger partial charge < -0.3 is 0 Å². The van der Waals surface area contributed by atoms with Crippen LogP contribution in [0.2, 0.25) is 0 Å². The highest BCUT2D eigenvalue weighted by Gasteiger charge is 2.02. The highest BCUT2D eigenvalue weighted by atomic mass is 79.9. The van der Waals surface area contributed by atoms with E-state index in [1.807, 2.05) is 19.1 Å². The molecule has 0 amide bonds. The van der Waals surface area contributed by atoms with Gasteiger partial charge in [0.15, 0.2) is 0 Å². The minimum atomic E-state index is 0.894. The zero-order valence-corrected chi connectivity index (χ0v) is 8.24. The minimum Gasteiger partial charge on any atom is -0.241 e. The Labute approximate surface area is 76.6 Å². The van der Waals surface area contributed by atoms with Gasteiger partial charge in [-0.3, -0.25) is 0 Å². The van der Waals surface area contributed by atoms with Gasteiger partial charge >= 0.3 is 0 Å². The molecule has 0 atom stereocenters. The largest absolute Gasteiger partial charge is 0.241 e. The third-order valence-electron chi connectivity index (χ3n) is 1.43. The molecule has 0 aliphatic heterocycles. The second-order valence-electron chi connectivity index (χ2n) is 2.28.